The molecule has 5 nitrogen and oxygen atoms in total. The maximum Gasteiger partial charge on any atom is 0.263 e. The zero-order chi connectivity index (χ0) is 15.6. The van der Waals surface area contributed by atoms with E-state index in [0.717, 1.165) is 4.47 Å². The van der Waals surface area contributed by atoms with E-state index < -0.39 is 10.0 Å². The van der Waals surface area contributed by atoms with Crippen molar-refractivity contribution in [1.82, 2.24) is 4.98 Å². The largest absolute Gasteiger partial charge is 0.392 e. The van der Waals surface area contributed by atoms with Crippen molar-refractivity contribution in [2.75, 3.05) is 4.72 Å². The summed E-state index contributed by atoms with van der Waals surface area (Å²) in [5, 5.41) is 9.24. The van der Waals surface area contributed by atoms with Crippen LogP contribution < -0.4 is 4.72 Å². The van der Waals surface area contributed by atoms with Crippen molar-refractivity contribution < 1.29 is 13.5 Å². The Balaban J connectivity index is 2.36. The number of anilines is 1. The smallest absolute Gasteiger partial charge is 0.263 e. The second-order valence-corrected chi connectivity index (χ2v) is 7.34. The number of sulfonamides is 1. The first-order chi connectivity index (χ1) is 9.83. The fourth-order valence-electron chi connectivity index (χ4n) is 1.66. The first-order valence-corrected chi connectivity index (χ1v) is 8.53. The highest BCUT2D eigenvalue weighted by Crippen LogP contribution is 2.24. The molecule has 8 heteroatoms. The van der Waals surface area contributed by atoms with Gasteiger partial charge in [-0.2, -0.15) is 0 Å². The Morgan fingerprint density at radius 2 is 2.10 bits per heavy atom. The number of benzene rings is 1. The molecule has 0 saturated heterocycles. The van der Waals surface area contributed by atoms with Crippen molar-refractivity contribution in [2.24, 2.45) is 0 Å². The number of aliphatic hydroxyl groups excluding tert-OH is 1. The standard InChI is InChI=1S/C13H12BrClN2O3S/c1-8-4-10(14)6-16-13(8)17-21(19,20)11-3-2-9(7-18)12(15)5-11/h2-6,18H,7H2,1H3,(H,16,17). The highest BCUT2D eigenvalue weighted by molar-refractivity contribution is 9.10. The molecule has 0 fully saturated rings. The number of nitrogens with zero attached hydrogens (tertiary/aromatic N) is 1. The molecule has 0 amide bonds. The molecule has 0 aliphatic heterocycles. The Morgan fingerprint density at radius 1 is 1.38 bits per heavy atom. The van der Waals surface area contributed by atoms with Crippen LogP contribution in [0.4, 0.5) is 5.82 Å². The average Bonchev–Trinajstić information content (AvgIpc) is 2.42. The lowest BCUT2D eigenvalue weighted by Crippen LogP contribution is -2.15. The Morgan fingerprint density at radius 3 is 2.67 bits per heavy atom. The molecule has 1 aromatic carbocycles. The van der Waals surface area contributed by atoms with Crippen LogP contribution in [0.2, 0.25) is 5.02 Å². The van der Waals surface area contributed by atoms with Crippen molar-refractivity contribution in [3.8, 4) is 0 Å². The van der Waals surface area contributed by atoms with Crippen molar-refractivity contribution in [3.05, 3.63) is 51.1 Å². The van der Waals surface area contributed by atoms with Crippen molar-refractivity contribution in [3.63, 3.8) is 0 Å². The van der Waals surface area contributed by atoms with Gasteiger partial charge in [-0.1, -0.05) is 17.7 Å². The molecule has 0 spiro atoms. The first-order valence-electron chi connectivity index (χ1n) is 5.88. The minimum atomic E-state index is -3.79. The summed E-state index contributed by atoms with van der Waals surface area (Å²) in [4.78, 5) is 4.04. The third kappa shape index (κ3) is 3.74. The molecule has 21 heavy (non-hydrogen) atoms. The molecule has 2 N–H and O–H groups in total. The summed E-state index contributed by atoms with van der Waals surface area (Å²) < 4.78 is 27.8. The lowest BCUT2D eigenvalue weighted by atomic mass is 10.2. The number of aliphatic hydroxyl groups is 1. The molecular weight excluding hydrogens is 380 g/mol. The molecule has 0 atom stereocenters. The fourth-order valence-corrected chi connectivity index (χ4v) is 3.51. The van der Waals surface area contributed by atoms with Gasteiger partial charge in [0, 0.05) is 15.7 Å². The number of hydrogen-bond acceptors (Lipinski definition) is 4. The van der Waals surface area contributed by atoms with Gasteiger partial charge in [0.1, 0.15) is 5.82 Å². The van der Waals surface area contributed by atoms with E-state index in [9.17, 15) is 8.42 Å². The van der Waals surface area contributed by atoms with Gasteiger partial charge in [0.15, 0.2) is 0 Å². The van der Waals surface area contributed by atoms with Gasteiger partial charge in [0.25, 0.3) is 10.0 Å². The molecule has 0 bridgehead atoms. The number of hydrogen-bond donors (Lipinski definition) is 2. The molecule has 1 aromatic heterocycles. The minimum absolute atomic E-state index is 0.00817. The summed E-state index contributed by atoms with van der Waals surface area (Å²) in [6.45, 7) is 1.50. The predicted molar refractivity (Wildman–Crippen MR) is 84.9 cm³/mol. The van der Waals surface area contributed by atoms with Gasteiger partial charge < -0.3 is 5.11 Å². The van der Waals surface area contributed by atoms with Crippen LogP contribution >= 0.6 is 27.5 Å². The van der Waals surface area contributed by atoms with Gasteiger partial charge in [-0.3, -0.25) is 4.72 Å². The SMILES string of the molecule is Cc1cc(Br)cnc1NS(=O)(=O)c1ccc(CO)c(Cl)c1. The molecule has 1 heterocycles. The van der Waals surface area contributed by atoms with Crippen LogP contribution in [0, 0.1) is 6.92 Å². The maximum absolute atomic E-state index is 12.3. The number of aryl methyl sites for hydroxylation is 1. The van der Waals surface area contributed by atoms with E-state index in [1.165, 1.54) is 24.4 Å². The molecule has 0 saturated carbocycles. The second-order valence-electron chi connectivity index (χ2n) is 4.34. The van der Waals surface area contributed by atoms with Crippen LogP contribution in [0.5, 0.6) is 0 Å². The summed E-state index contributed by atoms with van der Waals surface area (Å²) >= 11 is 9.18. The number of aromatic nitrogens is 1. The van der Waals surface area contributed by atoms with E-state index in [1.807, 2.05) is 0 Å². The van der Waals surface area contributed by atoms with Crippen molar-refractivity contribution in [2.45, 2.75) is 18.4 Å². The molecule has 2 rings (SSSR count). The van der Waals surface area contributed by atoms with E-state index in [0.29, 0.717) is 11.1 Å². The van der Waals surface area contributed by atoms with E-state index in [-0.39, 0.29) is 22.3 Å². The van der Waals surface area contributed by atoms with Gasteiger partial charge in [-0.05, 0) is 52.2 Å². The minimum Gasteiger partial charge on any atom is -0.392 e. The zero-order valence-corrected chi connectivity index (χ0v) is 14.1. The summed E-state index contributed by atoms with van der Waals surface area (Å²) in [5.74, 6) is 0.251. The van der Waals surface area contributed by atoms with Gasteiger partial charge in [0.05, 0.1) is 11.5 Å². The summed E-state index contributed by atoms with van der Waals surface area (Å²) in [5.41, 5.74) is 1.15. The monoisotopic (exact) mass is 390 g/mol. The number of halogens is 2. The van der Waals surface area contributed by atoms with Crippen molar-refractivity contribution in [1.29, 1.82) is 0 Å². The quantitative estimate of drug-likeness (QED) is 0.839. The maximum atomic E-state index is 12.3. The number of nitrogens with one attached hydrogen (secondary N) is 1. The highest BCUT2D eigenvalue weighted by Gasteiger charge is 2.17. The first kappa shape index (κ1) is 16.2. The summed E-state index contributed by atoms with van der Waals surface area (Å²) in [6.07, 6.45) is 1.51. The molecule has 0 aliphatic rings. The van der Waals surface area contributed by atoms with E-state index in [4.69, 9.17) is 16.7 Å². The Labute approximate surface area is 136 Å². The number of pyridine rings is 1. The third-order valence-corrected chi connectivity index (χ3v) is 4.90. The van der Waals surface area contributed by atoms with Crippen LogP contribution in [0.15, 0.2) is 39.8 Å². The lowest BCUT2D eigenvalue weighted by molar-refractivity contribution is 0.282. The fraction of sp³-hybridized carbons (Fsp3) is 0.154. The van der Waals surface area contributed by atoms with Gasteiger partial charge in [-0.15, -0.1) is 0 Å². The zero-order valence-electron chi connectivity index (χ0n) is 11.0. The van der Waals surface area contributed by atoms with E-state index in [2.05, 4.69) is 25.6 Å². The summed E-state index contributed by atoms with van der Waals surface area (Å²) in [6, 6.07) is 5.91. The van der Waals surface area contributed by atoms with Crippen molar-refractivity contribution >= 4 is 43.4 Å². The van der Waals surface area contributed by atoms with Gasteiger partial charge in [-0.25, -0.2) is 13.4 Å². The summed E-state index contributed by atoms with van der Waals surface area (Å²) in [7, 11) is -3.79. The highest BCUT2D eigenvalue weighted by atomic mass is 79.9. The van der Waals surface area contributed by atoms with Crippen LogP contribution in [-0.4, -0.2) is 18.5 Å². The number of rotatable bonds is 4. The van der Waals surface area contributed by atoms with Crippen LogP contribution in [0.1, 0.15) is 11.1 Å². The Kier molecular flexibility index (Phi) is 4.88. The molecule has 0 aliphatic carbocycles. The Bertz CT molecular complexity index is 781. The normalized spacial score (nSPS) is 11.4. The molecular formula is C13H12BrClN2O3S. The van der Waals surface area contributed by atoms with Crippen LogP contribution in [-0.2, 0) is 16.6 Å². The van der Waals surface area contributed by atoms with Gasteiger partial charge in [0.2, 0.25) is 0 Å². The predicted octanol–water partition coefficient (Wildman–Crippen LogP) is 3.10. The lowest BCUT2D eigenvalue weighted by Gasteiger charge is -2.11. The molecule has 2 aromatic rings. The second kappa shape index (κ2) is 6.31. The third-order valence-electron chi connectivity index (χ3n) is 2.78. The Hall–Kier alpha value is -1.15. The molecule has 112 valence electrons. The van der Waals surface area contributed by atoms with E-state index >= 15 is 0 Å². The molecule has 0 unspecified atom stereocenters. The molecule has 0 radical (unpaired) electrons. The van der Waals surface area contributed by atoms with Gasteiger partial charge >= 0.3 is 0 Å². The average molecular weight is 392 g/mol. The van der Waals surface area contributed by atoms with Crippen LogP contribution in [0.3, 0.4) is 0 Å². The van der Waals surface area contributed by atoms with Crippen LogP contribution in [0.25, 0.3) is 0 Å². The topological polar surface area (TPSA) is 79.3 Å². The van der Waals surface area contributed by atoms with E-state index in [1.54, 1.807) is 13.0 Å².